The van der Waals surface area contributed by atoms with E-state index in [2.05, 4.69) is 17.3 Å². The number of sulfonamides is 1. The third kappa shape index (κ3) is 3.39. The van der Waals surface area contributed by atoms with Gasteiger partial charge in [0, 0.05) is 26.2 Å². The molecule has 0 aliphatic carbocycles. The first-order chi connectivity index (χ1) is 9.55. The molecular formula is C13H24N4O2S. The highest BCUT2D eigenvalue weighted by Gasteiger charge is 2.29. The molecule has 1 N–H and O–H groups in total. The predicted octanol–water partition coefficient (Wildman–Crippen LogP) is 0.963. The van der Waals surface area contributed by atoms with E-state index < -0.39 is 10.0 Å². The normalized spacial score (nSPS) is 19.9. The van der Waals surface area contributed by atoms with Crippen molar-refractivity contribution in [3.63, 3.8) is 0 Å². The van der Waals surface area contributed by atoms with E-state index in [1.807, 2.05) is 0 Å². The van der Waals surface area contributed by atoms with Gasteiger partial charge in [-0.05, 0) is 31.9 Å². The number of aromatic nitrogens is 2. The average Bonchev–Trinajstić information content (AvgIpc) is 3.05. The van der Waals surface area contributed by atoms with Crippen molar-refractivity contribution >= 4 is 10.0 Å². The molecule has 1 aromatic rings. The smallest absolute Gasteiger partial charge is 0.260 e. The number of unbranched alkanes of at least 4 members (excludes halogenated alkanes) is 1. The minimum absolute atomic E-state index is 0.270. The second kappa shape index (κ2) is 6.69. The molecule has 20 heavy (non-hydrogen) atoms. The SMILES string of the molecule is CCCCN(CC1CCCN1)S(=O)(=O)c1ccnn1C. The Kier molecular flexibility index (Phi) is 5.17. The zero-order chi connectivity index (χ0) is 14.6. The highest BCUT2D eigenvalue weighted by molar-refractivity contribution is 7.89. The zero-order valence-electron chi connectivity index (χ0n) is 12.2. The first-order valence-corrected chi connectivity index (χ1v) is 8.71. The van der Waals surface area contributed by atoms with Crippen LogP contribution in [0, 0.1) is 0 Å². The fourth-order valence-electron chi connectivity index (χ4n) is 2.55. The summed E-state index contributed by atoms with van der Waals surface area (Å²) in [4.78, 5) is 0. The molecule has 1 aliphatic heterocycles. The highest BCUT2D eigenvalue weighted by atomic mass is 32.2. The van der Waals surface area contributed by atoms with Crippen LogP contribution in [-0.4, -0.2) is 48.2 Å². The number of nitrogens with one attached hydrogen (secondary N) is 1. The molecule has 0 spiro atoms. The summed E-state index contributed by atoms with van der Waals surface area (Å²) in [5.41, 5.74) is 0. The van der Waals surface area contributed by atoms with Gasteiger partial charge in [-0.25, -0.2) is 8.42 Å². The molecule has 2 heterocycles. The maximum Gasteiger partial charge on any atom is 0.260 e. The average molecular weight is 300 g/mol. The van der Waals surface area contributed by atoms with E-state index in [0.717, 1.165) is 32.2 Å². The maximum atomic E-state index is 12.7. The summed E-state index contributed by atoms with van der Waals surface area (Å²) in [5, 5.41) is 7.61. The van der Waals surface area contributed by atoms with E-state index in [4.69, 9.17) is 0 Å². The first-order valence-electron chi connectivity index (χ1n) is 7.27. The molecule has 0 amide bonds. The van der Waals surface area contributed by atoms with Gasteiger partial charge in [-0.3, -0.25) is 4.68 Å². The van der Waals surface area contributed by atoms with Gasteiger partial charge in [-0.1, -0.05) is 13.3 Å². The molecule has 1 fully saturated rings. The third-order valence-corrected chi connectivity index (χ3v) is 5.67. The van der Waals surface area contributed by atoms with Gasteiger partial charge in [0.1, 0.15) is 0 Å². The number of aryl methyl sites for hydroxylation is 1. The Balaban J connectivity index is 2.18. The molecule has 0 aromatic carbocycles. The summed E-state index contributed by atoms with van der Waals surface area (Å²) in [5.74, 6) is 0. The van der Waals surface area contributed by atoms with Gasteiger partial charge in [0.25, 0.3) is 10.0 Å². The molecule has 1 aliphatic rings. The van der Waals surface area contributed by atoms with Crippen molar-refractivity contribution < 1.29 is 8.42 Å². The molecule has 1 atom stereocenters. The number of hydrogen-bond donors (Lipinski definition) is 1. The first kappa shape index (κ1) is 15.5. The van der Waals surface area contributed by atoms with Crippen LogP contribution in [0.3, 0.4) is 0 Å². The van der Waals surface area contributed by atoms with Gasteiger partial charge in [-0.15, -0.1) is 0 Å². The van der Waals surface area contributed by atoms with Crippen LogP contribution in [-0.2, 0) is 17.1 Å². The second-order valence-corrected chi connectivity index (χ2v) is 7.19. The summed E-state index contributed by atoms with van der Waals surface area (Å²) < 4.78 is 28.5. The summed E-state index contributed by atoms with van der Waals surface area (Å²) in [6.07, 6.45) is 5.56. The van der Waals surface area contributed by atoms with Crippen molar-refractivity contribution in [2.24, 2.45) is 7.05 Å². The largest absolute Gasteiger partial charge is 0.313 e. The molecule has 0 saturated carbocycles. The van der Waals surface area contributed by atoms with Crippen LogP contribution in [0.1, 0.15) is 32.6 Å². The lowest BCUT2D eigenvalue weighted by Crippen LogP contribution is -2.42. The van der Waals surface area contributed by atoms with Crippen molar-refractivity contribution in [2.45, 2.75) is 43.7 Å². The second-order valence-electron chi connectivity index (χ2n) is 5.30. The minimum Gasteiger partial charge on any atom is -0.313 e. The number of nitrogens with zero attached hydrogens (tertiary/aromatic N) is 3. The predicted molar refractivity (Wildman–Crippen MR) is 77.9 cm³/mol. The zero-order valence-corrected chi connectivity index (χ0v) is 13.1. The van der Waals surface area contributed by atoms with Gasteiger partial charge in [-0.2, -0.15) is 9.40 Å². The monoisotopic (exact) mass is 300 g/mol. The van der Waals surface area contributed by atoms with Crippen LogP contribution >= 0.6 is 0 Å². The van der Waals surface area contributed by atoms with Crippen molar-refractivity contribution in [1.82, 2.24) is 19.4 Å². The summed E-state index contributed by atoms with van der Waals surface area (Å²) in [7, 11) is -1.79. The van der Waals surface area contributed by atoms with E-state index in [-0.39, 0.29) is 11.1 Å². The highest BCUT2D eigenvalue weighted by Crippen LogP contribution is 2.18. The van der Waals surface area contributed by atoms with E-state index >= 15 is 0 Å². The van der Waals surface area contributed by atoms with Crippen molar-refractivity contribution in [1.29, 1.82) is 0 Å². The van der Waals surface area contributed by atoms with Crippen molar-refractivity contribution in [3.05, 3.63) is 12.3 Å². The summed E-state index contributed by atoms with van der Waals surface area (Å²) in [6.45, 7) is 4.18. The molecular weight excluding hydrogens is 276 g/mol. The van der Waals surface area contributed by atoms with Crippen LogP contribution in [0.4, 0.5) is 0 Å². The van der Waals surface area contributed by atoms with E-state index in [0.29, 0.717) is 13.1 Å². The van der Waals surface area contributed by atoms with Gasteiger partial charge in [0.05, 0.1) is 6.20 Å². The van der Waals surface area contributed by atoms with E-state index in [1.54, 1.807) is 17.4 Å². The van der Waals surface area contributed by atoms with Crippen LogP contribution in [0.2, 0.25) is 0 Å². The fraction of sp³-hybridized carbons (Fsp3) is 0.769. The van der Waals surface area contributed by atoms with Crippen molar-refractivity contribution in [2.75, 3.05) is 19.6 Å². The Morgan fingerprint density at radius 1 is 1.55 bits per heavy atom. The topological polar surface area (TPSA) is 67.2 Å². The van der Waals surface area contributed by atoms with Crippen LogP contribution in [0.25, 0.3) is 0 Å². The van der Waals surface area contributed by atoms with E-state index in [1.165, 1.54) is 10.9 Å². The van der Waals surface area contributed by atoms with Crippen LogP contribution < -0.4 is 5.32 Å². The quantitative estimate of drug-likeness (QED) is 0.814. The van der Waals surface area contributed by atoms with Crippen molar-refractivity contribution in [3.8, 4) is 0 Å². The molecule has 6 nitrogen and oxygen atoms in total. The lowest BCUT2D eigenvalue weighted by atomic mass is 10.2. The lowest BCUT2D eigenvalue weighted by molar-refractivity contribution is 0.360. The van der Waals surface area contributed by atoms with Crippen LogP contribution in [0.15, 0.2) is 17.3 Å². The summed E-state index contributed by atoms with van der Waals surface area (Å²) in [6, 6.07) is 1.84. The number of hydrogen-bond acceptors (Lipinski definition) is 4. The summed E-state index contributed by atoms with van der Waals surface area (Å²) >= 11 is 0. The number of rotatable bonds is 7. The molecule has 2 rings (SSSR count). The maximum absolute atomic E-state index is 12.7. The Bertz CT molecular complexity index is 520. The Hall–Kier alpha value is -0.920. The standard InChI is InChI=1S/C13H24N4O2S/c1-3-4-10-17(11-12-6-5-8-14-12)20(18,19)13-7-9-15-16(13)2/h7,9,12,14H,3-6,8,10-11H2,1-2H3. The van der Waals surface area contributed by atoms with E-state index in [9.17, 15) is 8.42 Å². The van der Waals surface area contributed by atoms with Crippen LogP contribution in [0.5, 0.6) is 0 Å². The van der Waals surface area contributed by atoms with Gasteiger partial charge in [0.2, 0.25) is 0 Å². The Morgan fingerprint density at radius 3 is 2.90 bits per heavy atom. The van der Waals surface area contributed by atoms with Gasteiger partial charge in [0.15, 0.2) is 5.03 Å². The molecule has 7 heteroatoms. The molecule has 1 aromatic heterocycles. The van der Waals surface area contributed by atoms with Gasteiger partial charge < -0.3 is 5.32 Å². The van der Waals surface area contributed by atoms with Gasteiger partial charge >= 0.3 is 0 Å². The molecule has 1 saturated heterocycles. The minimum atomic E-state index is -3.45. The Labute approximate surface area is 121 Å². The molecule has 1 unspecified atom stereocenters. The Morgan fingerprint density at radius 2 is 2.35 bits per heavy atom. The molecule has 0 bridgehead atoms. The fourth-order valence-corrected chi connectivity index (χ4v) is 4.17. The third-order valence-electron chi connectivity index (χ3n) is 3.73. The molecule has 114 valence electrons. The molecule has 0 radical (unpaired) electrons. The lowest BCUT2D eigenvalue weighted by Gasteiger charge is -2.25.